The molecule has 0 amide bonds. The van der Waals surface area contributed by atoms with Crippen LogP contribution in [0.15, 0.2) is 6.33 Å². The Morgan fingerprint density at radius 3 is 3.06 bits per heavy atom. The number of hydrogen-bond donors (Lipinski definition) is 1. The smallest absolute Gasteiger partial charge is 0.151 e. The van der Waals surface area contributed by atoms with Crippen molar-refractivity contribution in [2.24, 2.45) is 7.05 Å². The van der Waals surface area contributed by atoms with Crippen LogP contribution in [0.4, 0.5) is 0 Å². The monoisotopic (exact) mass is 258 g/mol. The second kappa shape index (κ2) is 5.14. The second-order valence-corrected chi connectivity index (χ2v) is 6.72. The van der Waals surface area contributed by atoms with Crippen molar-refractivity contribution in [3.63, 3.8) is 0 Å². The molecule has 0 radical (unpaired) electrons. The Kier molecular flexibility index (Phi) is 3.78. The van der Waals surface area contributed by atoms with Gasteiger partial charge in [-0.15, -0.1) is 0 Å². The molecule has 1 aliphatic rings. The number of rotatable bonds is 4. The van der Waals surface area contributed by atoms with E-state index in [0.717, 1.165) is 31.6 Å². The van der Waals surface area contributed by atoms with Crippen LogP contribution >= 0.6 is 0 Å². The van der Waals surface area contributed by atoms with Crippen molar-refractivity contribution in [3.8, 4) is 0 Å². The van der Waals surface area contributed by atoms with E-state index in [4.69, 9.17) is 0 Å². The number of aryl methyl sites for hydroxylation is 1. The summed E-state index contributed by atoms with van der Waals surface area (Å²) < 4.78 is 24.5. The molecule has 0 bridgehead atoms. The molecule has 2 heterocycles. The Morgan fingerprint density at radius 1 is 1.59 bits per heavy atom. The highest BCUT2D eigenvalue weighted by Gasteiger charge is 2.23. The molecule has 1 N–H and O–H groups in total. The number of sulfone groups is 1. The van der Waals surface area contributed by atoms with Crippen molar-refractivity contribution >= 4 is 9.84 Å². The zero-order valence-electron chi connectivity index (χ0n) is 9.96. The molecule has 0 aromatic carbocycles. The van der Waals surface area contributed by atoms with Gasteiger partial charge >= 0.3 is 0 Å². The van der Waals surface area contributed by atoms with Gasteiger partial charge in [-0.25, -0.2) is 13.4 Å². The summed E-state index contributed by atoms with van der Waals surface area (Å²) in [7, 11) is -0.990. The van der Waals surface area contributed by atoms with E-state index in [1.807, 2.05) is 7.05 Å². The standard InChI is InChI=1S/C10H18N4O2S/c1-14-8-12-10(13-14)4-5-11-9-3-2-6-17(15,16)7-9/h8-9,11H,2-7H2,1H3. The van der Waals surface area contributed by atoms with E-state index >= 15 is 0 Å². The molecule has 1 fully saturated rings. The highest BCUT2D eigenvalue weighted by atomic mass is 32.2. The van der Waals surface area contributed by atoms with Crippen LogP contribution in [0, 0.1) is 0 Å². The average Bonchev–Trinajstić information content (AvgIpc) is 2.63. The van der Waals surface area contributed by atoms with Gasteiger partial charge in [0.05, 0.1) is 11.5 Å². The molecular weight excluding hydrogens is 240 g/mol. The first kappa shape index (κ1) is 12.5. The summed E-state index contributed by atoms with van der Waals surface area (Å²) in [6.45, 7) is 0.726. The van der Waals surface area contributed by atoms with E-state index in [1.165, 1.54) is 0 Å². The predicted molar refractivity (Wildman–Crippen MR) is 64.4 cm³/mol. The molecule has 1 unspecified atom stereocenters. The van der Waals surface area contributed by atoms with E-state index in [2.05, 4.69) is 15.4 Å². The normalized spacial score (nSPS) is 23.7. The summed E-state index contributed by atoms with van der Waals surface area (Å²) in [5, 5.41) is 7.44. The van der Waals surface area contributed by atoms with Crippen LogP contribution in [0.1, 0.15) is 18.7 Å². The lowest BCUT2D eigenvalue weighted by Crippen LogP contribution is -2.41. The number of aromatic nitrogens is 3. The molecule has 7 heteroatoms. The van der Waals surface area contributed by atoms with Gasteiger partial charge in [-0.3, -0.25) is 4.68 Å². The molecule has 17 heavy (non-hydrogen) atoms. The lowest BCUT2D eigenvalue weighted by atomic mass is 10.2. The van der Waals surface area contributed by atoms with E-state index in [1.54, 1.807) is 11.0 Å². The summed E-state index contributed by atoms with van der Waals surface area (Å²) in [4.78, 5) is 4.12. The van der Waals surface area contributed by atoms with Gasteiger partial charge in [-0.05, 0) is 12.8 Å². The minimum absolute atomic E-state index is 0.0949. The third-order valence-electron chi connectivity index (χ3n) is 2.89. The zero-order valence-corrected chi connectivity index (χ0v) is 10.8. The minimum Gasteiger partial charge on any atom is -0.313 e. The Morgan fingerprint density at radius 2 is 2.41 bits per heavy atom. The maximum atomic E-state index is 11.4. The highest BCUT2D eigenvalue weighted by Crippen LogP contribution is 2.11. The minimum atomic E-state index is -2.82. The van der Waals surface area contributed by atoms with Crippen LogP contribution in [-0.4, -0.2) is 47.3 Å². The molecule has 1 aromatic rings. The molecule has 1 aromatic heterocycles. The first-order valence-corrected chi connectivity index (χ1v) is 7.66. The van der Waals surface area contributed by atoms with Gasteiger partial charge in [0.25, 0.3) is 0 Å². The molecule has 6 nitrogen and oxygen atoms in total. The second-order valence-electron chi connectivity index (χ2n) is 4.49. The van der Waals surface area contributed by atoms with Crippen LogP contribution in [0.2, 0.25) is 0 Å². The largest absolute Gasteiger partial charge is 0.313 e. The first-order chi connectivity index (χ1) is 8.05. The summed E-state index contributed by atoms with van der Waals surface area (Å²) >= 11 is 0. The van der Waals surface area contributed by atoms with Crippen LogP contribution < -0.4 is 5.32 Å². The topological polar surface area (TPSA) is 76.9 Å². The number of hydrogen-bond acceptors (Lipinski definition) is 5. The molecule has 2 rings (SSSR count). The molecule has 0 saturated carbocycles. The van der Waals surface area contributed by atoms with E-state index in [-0.39, 0.29) is 11.8 Å². The van der Waals surface area contributed by atoms with Gasteiger partial charge in [-0.2, -0.15) is 5.10 Å². The quantitative estimate of drug-likeness (QED) is 0.789. The Bertz CT molecular complexity index is 468. The van der Waals surface area contributed by atoms with Gasteiger partial charge in [0, 0.05) is 26.1 Å². The van der Waals surface area contributed by atoms with Crippen LogP contribution in [0.3, 0.4) is 0 Å². The summed E-state index contributed by atoms with van der Waals surface area (Å²) in [5.41, 5.74) is 0. The third kappa shape index (κ3) is 3.78. The Balaban J connectivity index is 1.75. The average molecular weight is 258 g/mol. The third-order valence-corrected chi connectivity index (χ3v) is 4.71. The Labute approximate surface area is 101 Å². The zero-order chi connectivity index (χ0) is 12.3. The van der Waals surface area contributed by atoms with Crippen molar-refractivity contribution < 1.29 is 8.42 Å². The maximum absolute atomic E-state index is 11.4. The fourth-order valence-electron chi connectivity index (χ4n) is 2.07. The van der Waals surface area contributed by atoms with Crippen molar-refractivity contribution in [3.05, 3.63) is 12.2 Å². The summed E-state index contributed by atoms with van der Waals surface area (Å²) in [5.74, 6) is 1.40. The van der Waals surface area contributed by atoms with Gasteiger partial charge in [0.1, 0.15) is 6.33 Å². The molecule has 96 valence electrons. The maximum Gasteiger partial charge on any atom is 0.151 e. The molecule has 1 saturated heterocycles. The van der Waals surface area contributed by atoms with Gasteiger partial charge in [0.2, 0.25) is 0 Å². The fourth-order valence-corrected chi connectivity index (χ4v) is 3.74. The highest BCUT2D eigenvalue weighted by molar-refractivity contribution is 7.91. The number of nitrogens with one attached hydrogen (secondary N) is 1. The Hall–Kier alpha value is -0.950. The molecule has 1 atom stereocenters. The van der Waals surface area contributed by atoms with E-state index in [9.17, 15) is 8.42 Å². The van der Waals surface area contributed by atoms with E-state index in [0.29, 0.717) is 5.75 Å². The predicted octanol–water partition coefficient (Wildman–Crippen LogP) is -0.476. The lowest BCUT2D eigenvalue weighted by Gasteiger charge is -2.22. The van der Waals surface area contributed by atoms with Crippen molar-refractivity contribution in [1.82, 2.24) is 20.1 Å². The van der Waals surface area contributed by atoms with Crippen LogP contribution in [0.25, 0.3) is 0 Å². The summed E-state index contributed by atoms with van der Waals surface area (Å²) in [6.07, 6.45) is 4.11. The molecular formula is C10H18N4O2S. The molecule has 0 spiro atoms. The van der Waals surface area contributed by atoms with Crippen LogP contribution in [-0.2, 0) is 23.3 Å². The van der Waals surface area contributed by atoms with Gasteiger partial charge < -0.3 is 5.32 Å². The van der Waals surface area contributed by atoms with Crippen molar-refractivity contribution in [2.45, 2.75) is 25.3 Å². The lowest BCUT2D eigenvalue weighted by molar-refractivity contribution is 0.481. The van der Waals surface area contributed by atoms with Crippen LogP contribution in [0.5, 0.6) is 0 Å². The first-order valence-electron chi connectivity index (χ1n) is 5.83. The summed E-state index contributed by atoms with van der Waals surface area (Å²) in [6, 6.07) is 0.0949. The fraction of sp³-hybridized carbons (Fsp3) is 0.800. The van der Waals surface area contributed by atoms with E-state index < -0.39 is 9.84 Å². The molecule has 0 aliphatic carbocycles. The van der Waals surface area contributed by atoms with Crippen molar-refractivity contribution in [1.29, 1.82) is 0 Å². The van der Waals surface area contributed by atoms with Gasteiger partial charge in [-0.1, -0.05) is 0 Å². The molecule has 1 aliphatic heterocycles. The number of nitrogens with zero attached hydrogens (tertiary/aromatic N) is 3. The SMILES string of the molecule is Cn1cnc(CCNC2CCCS(=O)(=O)C2)n1. The van der Waals surface area contributed by atoms with Crippen molar-refractivity contribution in [2.75, 3.05) is 18.1 Å². The van der Waals surface area contributed by atoms with Gasteiger partial charge in [0.15, 0.2) is 15.7 Å².